The molecule has 1 fully saturated rings. The van der Waals surface area contributed by atoms with E-state index < -0.39 is 0 Å². The maximum absolute atomic E-state index is 13.3. The van der Waals surface area contributed by atoms with E-state index in [1.807, 2.05) is 18.2 Å². The number of anilines is 1. The van der Waals surface area contributed by atoms with Gasteiger partial charge in [-0.15, -0.1) is 0 Å². The summed E-state index contributed by atoms with van der Waals surface area (Å²) in [5.41, 5.74) is 1.51. The highest BCUT2D eigenvalue weighted by molar-refractivity contribution is 9.10. The van der Waals surface area contributed by atoms with Gasteiger partial charge in [-0.1, -0.05) is 38.9 Å². The second-order valence-electron chi connectivity index (χ2n) is 6.88. The zero-order valence-electron chi connectivity index (χ0n) is 15.8. The highest BCUT2D eigenvalue weighted by atomic mass is 79.9. The topological polar surface area (TPSA) is 45.7 Å². The van der Waals surface area contributed by atoms with Gasteiger partial charge in [-0.3, -0.25) is 14.6 Å². The molecule has 2 heterocycles. The monoisotopic (exact) mass is 493 g/mol. The molecule has 0 saturated carbocycles. The third kappa shape index (κ3) is 5.16. The number of rotatable bonds is 6. The number of nitrogens with zero attached hydrogens (tertiary/aromatic N) is 3. The Morgan fingerprint density at radius 2 is 1.97 bits per heavy atom. The van der Waals surface area contributed by atoms with E-state index in [4.69, 9.17) is 21.3 Å². The first-order valence-corrected chi connectivity index (χ1v) is 11.5. The Bertz CT molecular complexity index is 989. The number of morpholine rings is 1. The standard InChI is InChI=1S/C21H21BrClN3O2S/c22-16-4-7-18-19(14-16)29-21(24-18)26(9-1-8-25-10-12-28-13-11-25)20(27)15-2-5-17(23)6-3-15/h2-7,14H,1,8-13H2. The van der Waals surface area contributed by atoms with Crippen molar-refractivity contribution in [3.63, 3.8) is 0 Å². The van der Waals surface area contributed by atoms with Gasteiger partial charge in [-0.2, -0.15) is 0 Å². The van der Waals surface area contributed by atoms with Crippen molar-refractivity contribution in [2.75, 3.05) is 44.3 Å². The average molecular weight is 495 g/mol. The number of halogens is 2. The van der Waals surface area contributed by atoms with Gasteiger partial charge in [0, 0.05) is 41.2 Å². The van der Waals surface area contributed by atoms with Crippen LogP contribution in [0.3, 0.4) is 0 Å². The van der Waals surface area contributed by atoms with E-state index >= 15 is 0 Å². The molecule has 152 valence electrons. The van der Waals surface area contributed by atoms with Crippen LogP contribution >= 0.6 is 38.9 Å². The van der Waals surface area contributed by atoms with E-state index in [0.717, 1.165) is 59.1 Å². The van der Waals surface area contributed by atoms with Gasteiger partial charge in [-0.05, 0) is 48.9 Å². The molecule has 4 rings (SSSR count). The first-order valence-electron chi connectivity index (χ1n) is 9.54. The van der Waals surface area contributed by atoms with E-state index in [-0.39, 0.29) is 5.91 Å². The van der Waals surface area contributed by atoms with Crippen LogP contribution in [0.5, 0.6) is 0 Å². The van der Waals surface area contributed by atoms with Crippen LogP contribution in [0.15, 0.2) is 46.9 Å². The molecule has 0 N–H and O–H groups in total. The van der Waals surface area contributed by atoms with Gasteiger partial charge in [0.1, 0.15) is 0 Å². The number of thiazole rings is 1. The van der Waals surface area contributed by atoms with Crippen molar-refractivity contribution in [1.29, 1.82) is 0 Å². The van der Waals surface area contributed by atoms with Gasteiger partial charge in [0.25, 0.3) is 5.91 Å². The lowest BCUT2D eigenvalue weighted by Gasteiger charge is -2.27. The Morgan fingerprint density at radius 3 is 2.72 bits per heavy atom. The largest absolute Gasteiger partial charge is 0.379 e. The lowest BCUT2D eigenvalue weighted by molar-refractivity contribution is 0.0376. The maximum atomic E-state index is 13.3. The van der Waals surface area contributed by atoms with Crippen molar-refractivity contribution in [1.82, 2.24) is 9.88 Å². The molecule has 0 spiro atoms. The number of benzene rings is 2. The molecule has 3 aromatic rings. The van der Waals surface area contributed by atoms with Gasteiger partial charge < -0.3 is 4.74 Å². The highest BCUT2D eigenvalue weighted by Gasteiger charge is 2.22. The van der Waals surface area contributed by atoms with E-state index in [2.05, 4.69) is 20.8 Å². The molecule has 8 heteroatoms. The number of carbonyl (C=O) groups excluding carboxylic acids is 1. The summed E-state index contributed by atoms with van der Waals surface area (Å²) >= 11 is 11.0. The molecule has 1 saturated heterocycles. The smallest absolute Gasteiger partial charge is 0.260 e. The number of amides is 1. The summed E-state index contributed by atoms with van der Waals surface area (Å²) in [6.45, 7) is 4.99. The quantitative estimate of drug-likeness (QED) is 0.479. The highest BCUT2D eigenvalue weighted by Crippen LogP contribution is 2.32. The van der Waals surface area contributed by atoms with Crippen molar-refractivity contribution in [2.45, 2.75) is 6.42 Å². The predicted octanol–water partition coefficient (Wildman–Crippen LogP) is 5.08. The summed E-state index contributed by atoms with van der Waals surface area (Å²) in [5.74, 6) is -0.0539. The molecular weight excluding hydrogens is 474 g/mol. The molecule has 0 atom stereocenters. The molecule has 1 aromatic heterocycles. The van der Waals surface area contributed by atoms with Gasteiger partial charge in [0.05, 0.1) is 23.4 Å². The SMILES string of the molecule is O=C(c1ccc(Cl)cc1)N(CCCN1CCOCC1)c1nc2ccc(Br)cc2s1. The molecule has 0 bridgehead atoms. The van der Waals surface area contributed by atoms with Crippen molar-refractivity contribution in [3.8, 4) is 0 Å². The Balaban J connectivity index is 1.56. The van der Waals surface area contributed by atoms with Crippen LogP contribution in [0.1, 0.15) is 16.8 Å². The fourth-order valence-corrected chi connectivity index (χ4v) is 4.98. The van der Waals surface area contributed by atoms with Crippen molar-refractivity contribution >= 4 is 60.1 Å². The van der Waals surface area contributed by atoms with Crippen LogP contribution in [-0.4, -0.2) is 55.2 Å². The molecule has 5 nitrogen and oxygen atoms in total. The molecule has 2 aromatic carbocycles. The van der Waals surface area contributed by atoms with Gasteiger partial charge in [0.2, 0.25) is 0 Å². The Kier molecular flexibility index (Phi) is 6.82. The zero-order valence-corrected chi connectivity index (χ0v) is 19.0. The second kappa shape index (κ2) is 9.53. The third-order valence-corrected chi connectivity index (χ3v) is 6.65. The number of carbonyl (C=O) groups is 1. The second-order valence-corrected chi connectivity index (χ2v) is 9.24. The van der Waals surface area contributed by atoms with E-state index in [1.54, 1.807) is 29.2 Å². The summed E-state index contributed by atoms with van der Waals surface area (Å²) in [6, 6.07) is 13.0. The van der Waals surface area contributed by atoms with Crippen LogP contribution in [0.25, 0.3) is 10.2 Å². The molecule has 1 aliphatic rings. The minimum absolute atomic E-state index is 0.0539. The van der Waals surface area contributed by atoms with E-state index in [9.17, 15) is 4.79 Å². The lowest BCUT2D eigenvalue weighted by Crippen LogP contribution is -2.39. The third-order valence-electron chi connectivity index (χ3n) is 4.87. The predicted molar refractivity (Wildman–Crippen MR) is 122 cm³/mol. The number of ether oxygens (including phenoxy) is 1. The van der Waals surface area contributed by atoms with Gasteiger partial charge in [-0.25, -0.2) is 4.98 Å². The number of hydrogen-bond acceptors (Lipinski definition) is 5. The number of aromatic nitrogens is 1. The Morgan fingerprint density at radius 1 is 1.21 bits per heavy atom. The summed E-state index contributed by atoms with van der Waals surface area (Å²) in [4.78, 5) is 22.2. The van der Waals surface area contributed by atoms with Crippen LogP contribution < -0.4 is 4.90 Å². The molecule has 0 unspecified atom stereocenters. The summed E-state index contributed by atoms with van der Waals surface area (Å²) in [6.07, 6.45) is 0.874. The minimum atomic E-state index is -0.0539. The number of fused-ring (bicyclic) bond motifs is 1. The molecule has 0 radical (unpaired) electrons. The molecule has 1 aliphatic heterocycles. The Hall–Kier alpha value is -1.51. The first kappa shape index (κ1) is 20.8. The average Bonchev–Trinajstić information content (AvgIpc) is 3.15. The van der Waals surface area contributed by atoms with Crippen LogP contribution in [-0.2, 0) is 4.74 Å². The normalized spacial score (nSPS) is 15.0. The van der Waals surface area contributed by atoms with Crippen LogP contribution in [0, 0.1) is 0 Å². The fourth-order valence-electron chi connectivity index (χ4n) is 3.31. The lowest BCUT2D eigenvalue weighted by atomic mass is 10.2. The zero-order chi connectivity index (χ0) is 20.2. The van der Waals surface area contributed by atoms with Crippen molar-refractivity contribution < 1.29 is 9.53 Å². The molecular formula is C21H21BrClN3O2S. The first-order chi connectivity index (χ1) is 14.1. The molecule has 1 amide bonds. The molecule has 0 aliphatic carbocycles. The fraction of sp³-hybridized carbons (Fsp3) is 0.333. The summed E-state index contributed by atoms with van der Waals surface area (Å²) < 4.78 is 7.47. The van der Waals surface area contributed by atoms with E-state index in [1.165, 1.54) is 11.3 Å². The summed E-state index contributed by atoms with van der Waals surface area (Å²) in [5, 5.41) is 1.34. The van der Waals surface area contributed by atoms with Gasteiger partial charge >= 0.3 is 0 Å². The molecule has 29 heavy (non-hydrogen) atoms. The van der Waals surface area contributed by atoms with E-state index in [0.29, 0.717) is 17.1 Å². The minimum Gasteiger partial charge on any atom is -0.379 e. The van der Waals surface area contributed by atoms with Crippen molar-refractivity contribution in [2.24, 2.45) is 0 Å². The van der Waals surface area contributed by atoms with Crippen LogP contribution in [0.4, 0.5) is 5.13 Å². The summed E-state index contributed by atoms with van der Waals surface area (Å²) in [7, 11) is 0. The van der Waals surface area contributed by atoms with Gasteiger partial charge in [0.15, 0.2) is 5.13 Å². The number of hydrogen-bond donors (Lipinski definition) is 0. The van der Waals surface area contributed by atoms with Crippen LogP contribution in [0.2, 0.25) is 5.02 Å². The maximum Gasteiger partial charge on any atom is 0.260 e. The Labute approximate surface area is 187 Å². The van der Waals surface area contributed by atoms with Crippen molar-refractivity contribution in [3.05, 3.63) is 57.5 Å².